The van der Waals surface area contributed by atoms with Crippen molar-refractivity contribution in [3.8, 4) is 0 Å². The van der Waals surface area contributed by atoms with Crippen LogP contribution in [0.4, 0.5) is 9.18 Å². The molecule has 1 fully saturated rings. The maximum atomic E-state index is 13.5. The van der Waals surface area contributed by atoms with Crippen molar-refractivity contribution in [1.29, 1.82) is 0 Å². The monoisotopic (exact) mass is 308 g/mol. The fourth-order valence-corrected chi connectivity index (χ4v) is 2.54. The van der Waals surface area contributed by atoms with Gasteiger partial charge in [-0.1, -0.05) is 18.2 Å². The quantitative estimate of drug-likeness (QED) is 0.929. The van der Waals surface area contributed by atoms with E-state index in [0.717, 1.165) is 19.5 Å². The van der Waals surface area contributed by atoms with Gasteiger partial charge in [-0.05, 0) is 39.2 Å². The highest BCUT2D eigenvalue weighted by Crippen LogP contribution is 2.19. The van der Waals surface area contributed by atoms with Gasteiger partial charge in [0.25, 0.3) is 0 Å². The Balaban J connectivity index is 1.73. The molecule has 1 amide bonds. The summed E-state index contributed by atoms with van der Waals surface area (Å²) < 4.78 is 18.9. The van der Waals surface area contributed by atoms with E-state index in [1.807, 2.05) is 26.8 Å². The molecule has 1 atom stereocenters. The fourth-order valence-electron chi connectivity index (χ4n) is 2.54. The smallest absolute Gasteiger partial charge is 0.410 e. The first-order chi connectivity index (χ1) is 10.3. The maximum absolute atomic E-state index is 13.5. The SMILES string of the molecule is CC(C)(C)OC(=O)N1CC[C@H](CNCc2ccccc2F)C1. The number of rotatable bonds is 4. The van der Waals surface area contributed by atoms with E-state index < -0.39 is 5.60 Å². The van der Waals surface area contributed by atoms with Crippen LogP contribution in [0.3, 0.4) is 0 Å². The van der Waals surface area contributed by atoms with Crippen LogP contribution in [-0.2, 0) is 11.3 Å². The lowest BCUT2D eigenvalue weighted by atomic mass is 10.1. The topological polar surface area (TPSA) is 41.6 Å². The Kier molecular flexibility index (Phi) is 5.40. The number of nitrogens with zero attached hydrogens (tertiary/aromatic N) is 1. The van der Waals surface area contributed by atoms with Crippen molar-refractivity contribution in [2.45, 2.75) is 39.3 Å². The number of hydrogen-bond acceptors (Lipinski definition) is 3. The van der Waals surface area contributed by atoms with Crippen LogP contribution in [-0.4, -0.2) is 36.2 Å². The zero-order valence-electron chi connectivity index (χ0n) is 13.6. The Morgan fingerprint density at radius 3 is 2.82 bits per heavy atom. The van der Waals surface area contributed by atoms with Gasteiger partial charge in [0.1, 0.15) is 11.4 Å². The van der Waals surface area contributed by atoms with Gasteiger partial charge in [-0.15, -0.1) is 0 Å². The lowest BCUT2D eigenvalue weighted by Crippen LogP contribution is -2.36. The lowest BCUT2D eigenvalue weighted by molar-refractivity contribution is 0.0288. The molecule has 1 heterocycles. The first-order valence-electron chi connectivity index (χ1n) is 7.77. The molecule has 1 saturated heterocycles. The van der Waals surface area contributed by atoms with Crippen LogP contribution in [0.1, 0.15) is 32.8 Å². The van der Waals surface area contributed by atoms with E-state index in [1.54, 1.807) is 17.0 Å². The summed E-state index contributed by atoms with van der Waals surface area (Å²) in [5.41, 5.74) is 0.211. The number of hydrogen-bond donors (Lipinski definition) is 1. The van der Waals surface area contributed by atoms with Crippen molar-refractivity contribution in [3.63, 3.8) is 0 Å². The van der Waals surface area contributed by atoms with Crippen molar-refractivity contribution >= 4 is 6.09 Å². The van der Waals surface area contributed by atoms with E-state index in [9.17, 15) is 9.18 Å². The Morgan fingerprint density at radius 2 is 2.14 bits per heavy atom. The molecule has 4 nitrogen and oxygen atoms in total. The Bertz CT molecular complexity index is 514. The van der Waals surface area contributed by atoms with Crippen LogP contribution >= 0.6 is 0 Å². The molecule has 1 aliphatic rings. The molecule has 1 aromatic carbocycles. The number of nitrogens with one attached hydrogen (secondary N) is 1. The second-order valence-corrected chi connectivity index (χ2v) is 6.80. The predicted molar refractivity (Wildman–Crippen MR) is 84.0 cm³/mol. The van der Waals surface area contributed by atoms with E-state index in [4.69, 9.17) is 4.74 Å². The summed E-state index contributed by atoms with van der Waals surface area (Å²) in [6.45, 7) is 8.31. The second-order valence-electron chi connectivity index (χ2n) is 6.80. The number of carbonyl (C=O) groups excluding carboxylic acids is 1. The van der Waals surface area contributed by atoms with Gasteiger partial charge in [0, 0.05) is 31.7 Å². The van der Waals surface area contributed by atoms with Crippen LogP contribution < -0.4 is 5.32 Å². The minimum absolute atomic E-state index is 0.184. The number of likely N-dealkylation sites (tertiary alicyclic amines) is 1. The molecule has 1 N–H and O–H groups in total. The van der Waals surface area contributed by atoms with Crippen LogP contribution in [0.5, 0.6) is 0 Å². The van der Waals surface area contributed by atoms with Crippen molar-refractivity contribution in [3.05, 3.63) is 35.6 Å². The summed E-state index contributed by atoms with van der Waals surface area (Å²) in [5.74, 6) is 0.205. The van der Waals surface area contributed by atoms with Crippen molar-refractivity contribution < 1.29 is 13.9 Å². The zero-order chi connectivity index (χ0) is 16.2. The molecular weight excluding hydrogens is 283 g/mol. The van der Waals surface area contributed by atoms with Crippen molar-refractivity contribution in [2.75, 3.05) is 19.6 Å². The van der Waals surface area contributed by atoms with Gasteiger partial charge in [0.2, 0.25) is 0 Å². The summed E-state index contributed by atoms with van der Waals surface area (Å²) in [7, 11) is 0. The largest absolute Gasteiger partial charge is 0.444 e. The Hall–Kier alpha value is -1.62. The standard InChI is InChI=1S/C17H25FN2O2/c1-17(2,3)22-16(21)20-9-8-13(12-20)10-19-11-14-6-4-5-7-15(14)18/h4-7,13,19H,8-12H2,1-3H3/t13-/m1/s1. The zero-order valence-corrected chi connectivity index (χ0v) is 13.6. The van der Waals surface area contributed by atoms with Crippen molar-refractivity contribution in [2.24, 2.45) is 5.92 Å². The molecule has 0 spiro atoms. The molecule has 1 aliphatic heterocycles. The minimum Gasteiger partial charge on any atom is -0.444 e. The summed E-state index contributed by atoms with van der Waals surface area (Å²) in [6, 6.07) is 6.77. The van der Waals surface area contributed by atoms with E-state index in [0.29, 0.717) is 24.6 Å². The summed E-state index contributed by atoms with van der Waals surface area (Å²) in [4.78, 5) is 13.7. The van der Waals surface area contributed by atoms with E-state index >= 15 is 0 Å². The normalized spacial score (nSPS) is 18.5. The summed E-state index contributed by atoms with van der Waals surface area (Å²) in [6.07, 6.45) is 0.702. The number of halogens is 1. The number of benzene rings is 1. The first-order valence-corrected chi connectivity index (χ1v) is 7.77. The fraction of sp³-hybridized carbons (Fsp3) is 0.588. The van der Waals surface area contributed by atoms with Gasteiger partial charge in [-0.3, -0.25) is 0 Å². The highest BCUT2D eigenvalue weighted by Gasteiger charge is 2.29. The minimum atomic E-state index is -0.460. The average molecular weight is 308 g/mol. The Morgan fingerprint density at radius 1 is 1.41 bits per heavy atom. The second kappa shape index (κ2) is 7.09. The summed E-state index contributed by atoms with van der Waals surface area (Å²) >= 11 is 0. The molecule has 0 aromatic heterocycles. The van der Waals surface area contributed by atoms with Crippen LogP contribution in [0.25, 0.3) is 0 Å². The highest BCUT2D eigenvalue weighted by atomic mass is 19.1. The average Bonchev–Trinajstić information content (AvgIpc) is 2.88. The van der Waals surface area contributed by atoms with Gasteiger partial charge < -0.3 is 15.0 Å². The van der Waals surface area contributed by atoms with Gasteiger partial charge in [0.05, 0.1) is 0 Å². The van der Waals surface area contributed by atoms with Crippen LogP contribution in [0, 0.1) is 11.7 Å². The number of carbonyl (C=O) groups is 1. The van der Waals surface area contributed by atoms with Gasteiger partial charge >= 0.3 is 6.09 Å². The number of amides is 1. The van der Waals surface area contributed by atoms with Gasteiger partial charge in [-0.25, -0.2) is 9.18 Å². The molecule has 0 radical (unpaired) electrons. The third kappa shape index (κ3) is 4.98. The third-order valence-electron chi connectivity index (χ3n) is 3.64. The molecule has 5 heteroatoms. The molecule has 122 valence electrons. The predicted octanol–water partition coefficient (Wildman–Crippen LogP) is 3.17. The van der Waals surface area contributed by atoms with E-state index in [2.05, 4.69) is 5.32 Å². The molecule has 2 rings (SSSR count). The molecule has 0 saturated carbocycles. The number of ether oxygens (including phenoxy) is 1. The highest BCUT2D eigenvalue weighted by molar-refractivity contribution is 5.68. The van der Waals surface area contributed by atoms with Gasteiger partial charge in [0.15, 0.2) is 0 Å². The third-order valence-corrected chi connectivity index (χ3v) is 3.64. The maximum Gasteiger partial charge on any atom is 0.410 e. The molecule has 22 heavy (non-hydrogen) atoms. The lowest BCUT2D eigenvalue weighted by Gasteiger charge is -2.24. The van der Waals surface area contributed by atoms with Crippen molar-refractivity contribution in [1.82, 2.24) is 10.2 Å². The summed E-state index contributed by atoms with van der Waals surface area (Å²) in [5, 5.41) is 3.27. The van der Waals surface area contributed by atoms with Crippen LogP contribution in [0.15, 0.2) is 24.3 Å². The van der Waals surface area contributed by atoms with E-state index in [1.165, 1.54) is 6.07 Å². The first kappa shape index (κ1) is 16.7. The van der Waals surface area contributed by atoms with Crippen LogP contribution in [0.2, 0.25) is 0 Å². The molecule has 1 aromatic rings. The molecule has 0 unspecified atom stereocenters. The Labute approximate surface area is 131 Å². The van der Waals surface area contributed by atoms with E-state index in [-0.39, 0.29) is 11.9 Å². The molecule has 0 bridgehead atoms. The molecular formula is C17H25FN2O2. The van der Waals surface area contributed by atoms with Gasteiger partial charge in [-0.2, -0.15) is 0 Å². The molecule has 0 aliphatic carbocycles.